The van der Waals surface area contributed by atoms with E-state index in [0.29, 0.717) is 41.7 Å². The zero-order valence-corrected chi connectivity index (χ0v) is 20.2. The number of benzene rings is 1. The molecule has 1 unspecified atom stereocenters. The van der Waals surface area contributed by atoms with E-state index in [-0.39, 0.29) is 16.4 Å². The molecule has 178 valence electrons. The maximum absolute atomic E-state index is 14.6. The number of nitrogens with one attached hydrogen (secondary N) is 1. The third-order valence-electron chi connectivity index (χ3n) is 6.05. The van der Waals surface area contributed by atoms with Crippen LogP contribution in [-0.2, 0) is 15.6 Å². The molecule has 1 aromatic carbocycles. The van der Waals surface area contributed by atoms with E-state index in [1.165, 1.54) is 34.3 Å². The number of amidine groups is 1. The van der Waals surface area contributed by atoms with Crippen molar-refractivity contribution in [3.05, 3.63) is 47.0 Å². The van der Waals surface area contributed by atoms with Gasteiger partial charge in [0.15, 0.2) is 5.17 Å². The first-order chi connectivity index (χ1) is 15.6. The fraction of sp³-hybridized carbons (Fsp3) is 0.455. The summed E-state index contributed by atoms with van der Waals surface area (Å²) >= 11 is 1.42. The number of piperidine rings is 1. The van der Waals surface area contributed by atoms with E-state index >= 15 is 0 Å². The molecule has 3 heterocycles. The molecule has 1 fully saturated rings. The molecule has 1 atom stereocenters. The largest absolute Gasteiger partial charge is 0.448 e. The lowest BCUT2D eigenvalue weighted by atomic mass is 9.89. The maximum atomic E-state index is 14.6. The van der Waals surface area contributed by atoms with Crippen LogP contribution in [0.25, 0.3) is 0 Å². The number of rotatable bonds is 5. The Morgan fingerprint density at radius 1 is 1.27 bits per heavy atom. The summed E-state index contributed by atoms with van der Waals surface area (Å²) in [5, 5.41) is 2.87. The second-order valence-corrected chi connectivity index (χ2v) is 11.5. The van der Waals surface area contributed by atoms with E-state index in [1.54, 1.807) is 13.0 Å². The van der Waals surface area contributed by atoms with Crippen LogP contribution in [0.3, 0.4) is 0 Å². The monoisotopic (exact) mass is 494 g/mol. The van der Waals surface area contributed by atoms with Crippen LogP contribution in [0.15, 0.2) is 38.8 Å². The van der Waals surface area contributed by atoms with Crippen molar-refractivity contribution in [1.29, 1.82) is 0 Å². The van der Waals surface area contributed by atoms with E-state index in [0.717, 1.165) is 19.3 Å². The summed E-state index contributed by atoms with van der Waals surface area (Å²) in [6.45, 7) is 4.22. The van der Waals surface area contributed by atoms with Gasteiger partial charge in [-0.15, -0.1) is 0 Å². The number of aryl methyl sites for hydroxylation is 1. The highest BCUT2D eigenvalue weighted by molar-refractivity contribution is 8.13. The number of sulfonamides is 1. The van der Waals surface area contributed by atoms with Crippen LogP contribution in [0.5, 0.6) is 0 Å². The second kappa shape index (κ2) is 9.11. The fourth-order valence-corrected chi connectivity index (χ4v) is 6.60. The lowest BCUT2D eigenvalue weighted by molar-refractivity contribution is 0.102. The lowest BCUT2D eigenvalue weighted by Gasteiger charge is -2.30. The van der Waals surface area contributed by atoms with Gasteiger partial charge < -0.3 is 15.5 Å². The molecule has 1 amide bonds. The Balaban J connectivity index is 1.58. The van der Waals surface area contributed by atoms with Gasteiger partial charge in [0.05, 0.1) is 11.1 Å². The fourth-order valence-electron chi connectivity index (χ4n) is 4.13. The Morgan fingerprint density at radius 2 is 2.00 bits per heavy atom. The molecule has 3 N–H and O–H groups in total. The molecule has 0 spiro atoms. The van der Waals surface area contributed by atoms with E-state index in [4.69, 9.17) is 10.2 Å². The maximum Gasteiger partial charge on any atom is 0.276 e. The lowest BCUT2D eigenvalue weighted by Crippen LogP contribution is -2.35. The van der Waals surface area contributed by atoms with Crippen molar-refractivity contribution in [2.75, 3.05) is 24.2 Å². The van der Waals surface area contributed by atoms with Gasteiger partial charge in [0.1, 0.15) is 11.6 Å². The van der Waals surface area contributed by atoms with Gasteiger partial charge in [0, 0.05) is 36.2 Å². The summed E-state index contributed by atoms with van der Waals surface area (Å²) < 4.78 is 47.3. The zero-order chi connectivity index (χ0) is 23.8. The smallest absolute Gasteiger partial charge is 0.276 e. The highest BCUT2D eigenvalue weighted by Gasteiger charge is 2.33. The standard InChI is InChI=1S/C22H27FN4O4S2/c1-14-16(13-19(31-14)33(29,30)27-9-4-3-5-10-27)20(28)25-15-6-7-18(23)17(12-15)22(2)8-11-32-21(24)26-22/h6-7,12-13H,3-5,8-11H2,1-2H3,(H2,24,26)(H,25,28). The number of hydrogen-bond donors (Lipinski definition) is 2. The van der Waals surface area contributed by atoms with Gasteiger partial charge in [-0.25, -0.2) is 12.8 Å². The molecule has 4 rings (SSSR count). The molecule has 1 aromatic heterocycles. The van der Waals surface area contributed by atoms with Crippen LogP contribution in [0, 0.1) is 12.7 Å². The minimum Gasteiger partial charge on any atom is -0.448 e. The first-order valence-corrected chi connectivity index (χ1v) is 13.2. The molecular formula is C22H27FN4O4S2. The molecule has 8 nitrogen and oxygen atoms in total. The van der Waals surface area contributed by atoms with Crippen LogP contribution in [0.4, 0.5) is 10.1 Å². The Kier molecular flexibility index (Phi) is 6.56. The minimum atomic E-state index is -3.80. The summed E-state index contributed by atoms with van der Waals surface area (Å²) in [6, 6.07) is 5.52. The molecule has 0 bridgehead atoms. The molecule has 0 radical (unpaired) electrons. The normalized spacial score (nSPS) is 22.1. The summed E-state index contributed by atoms with van der Waals surface area (Å²) in [5.74, 6) is -0.0710. The van der Waals surface area contributed by atoms with Crippen molar-refractivity contribution in [2.45, 2.75) is 50.2 Å². The van der Waals surface area contributed by atoms with Gasteiger partial charge in [-0.2, -0.15) is 4.31 Å². The zero-order valence-electron chi connectivity index (χ0n) is 18.6. The highest BCUT2D eigenvalue weighted by atomic mass is 32.2. The van der Waals surface area contributed by atoms with Crippen molar-refractivity contribution >= 4 is 38.5 Å². The summed E-state index contributed by atoms with van der Waals surface area (Å²) in [5.41, 5.74) is 5.84. The predicted molar refractivity (Wildman–Crippen MR) is 126 cm³/mol. The molecule has 2 aromatic rings. The van der Waals surface area contributed by atoms with Gasteiger partial charge in [0.2, 0.25) is 5.09 Å². The van der Waals surface area contributed by atoms with Gasteiger partial charge in [-0.3, -0.25) is 9.79 Å². The number of anilines is 1. The first kappa shape index (κ1) is 23.8. The van der Waals surface area contributed by atoms with E-state index in [1.807, 2.05) is 6.92 Å². The molecule has 11 heteroatoms. The van der Waals surface area contributed by atoms with Crippen molar-refractivity contribution in [2.24, 2.45) is 10.7 Å². The number of thioether (sulfide) groups is 1. The summed E-state index contributed by atoms with van der Waals surface area (Å²) in [6.07, 6.45) is 3.19. The number of carbonyl (C=O) groups excluding carboxylic acids is 1. The van der Waals surface area contributed by atoms with E-state index < -0.39 is 27.3 Å². The molecular weight excluding hydrogens is 467 g/mol. The van der Waals surface area contributed by atoms with Crippen molar-refractivity contribution in [1.82, 2.24) is 4.31 Å². The number of amides is 1. The SMILES string of the molecule is Cc1oc(S(=O)(=O)N2CCCCC2)cc1C(=O)Nc1ccc(F)c(C2(C)CCSC(N)=N2)c1. The average molecular weight is 495 g/mol. The molecule has 0 aliphatic carbocycles. The molecule has 33 heavy (non-hydrogen) atoms. The Hall–Kier alpha value is -2.37. The Morgan fingerprint density at radius 3 is 2.70 bits per heavy atom. The average Bonchev–Trinajstić information content (AvgIpc) is 3.18. The third kappa shape index (κ3) is 4.80. The molecule has 1 saturated heterocycles. The summed E-state index contributed by atoms with van der Waals surface area (Å²) in [7, 11) is -3.80. The molecule has 2 aliphatic rings. The number of halogens is 1. The third-order valence-corrected chi connectivity index (χ3v) is 8.60. The predicted octanol–water partition coefficient (Wildman–Crippen LogP) is 3.82. The van der Waals surface area contributed by atoms with Crippen LogP contribution in [0.2, 0.25) is 0 Å². The topological polar surface area (TPSA) is 118 Å². The number of nitrogens with two attached hydrogens (primary N) is 1. The van der Waals surface area contributed by atoms with Gasteiger partial charge in [-0.1, -0.05) is 18.2 Å². The first-order valence-electron chi connectivity index (χ1n) is 10.8. The number of aliphatic imine (C=N–C) groups is 1. The number of nitrogens with zero attached hydrogens (tertiary/aromatic N) is 2. The van der Waals surface area contributed by atoms with Crippen LogP contribution in [-0.4, -0.2) is 42.6 Å². The van der Waals surface area contributed by atoms with Gasteiger partial charge in [-0.05, 0) is 51.3 Å². The Labute approximate surface area is 196 Å². The van der Waals surface area contributed by atoms with E-state index in [9.17, 15) is 17.6 Å². The highest BCUT2D eigenvalue weighted by Crippen LogP contribution is 2.37. The Bertz CT molecular complexity index is 1200. The minimum absolute atomic E-state index is 0.110. The van der Waals surface area contributed by atoms with Crippen LogP contribution < -0.4 is 11.1 Å². The van der Waals surface area contributed by atoms with Crippen LogP contribution in [0.1, 0.15) is 54.3 Å². The molecule has 0 saturated carbocycles. The van der Waals surface area contributed by atoms with Gasteiger partial charge in [0.25, 0.3) is 15.9 Å². The number of furan rings is 1. The molecule has 2 aliphatic heterocycles. The number of hydrogen-bond acceptors (Lipinski definition) is 7. The quantitative estimate of drug-likeness (QED) is 0.652. The summed E-state index contributed by atoms with van der Waals surface area (Å²) in [4.78, 5) is 17.4. The van der Waals surface area contributed by atoms with Crippen molar-refractivity contribution in [3.63, 3.8) is 0 Å². The van der Waals surface area contributed by atoms with Crippen molar-refractivity contribution < 1.29 is 22.0 Å². The van der Waals surface area contributed by atoms with E-state index in [2.05, 4.69) is 10.3 Å². The number of carbonyl (C=O) groups is 1. The van der Waals surface area contributed by atoms with Crippen molar-refractivity contribution in [3.8, 4) is 0 Å². The van der Waals surface area contributed by atoms with Crippen LogP contribution >= 0.6 is 11.8 Å². The van der Waals surface area contributed by atoms with Gasteiger partial charge >= 0.3 is 0 Å². The second-order valence-electron chi connectivity index (χ2n) is 8.47.